The SMILES string of the molecule is COc1ccccc1/C=C/C=C(\C#N)C(=O)Nc1ccc(C(=O)N(C)C)cc1. The number of nitrogens with zero attached hydrogens (tertiary/aromatic N) is 2. The van der Waals surface area contributed by atoms with Crippen LogP contribution in [0.25, 0.3) is 6.08 Å². The van der Waals surface area contributed by atoms with Crippen molar-refractivity contribution in [3.8, 4) is 11.8 Å². The van der Waals surface area contributed by atoms with Crippen molar-refractivity contribution >= 4 is 23.6 Å². The summed E-state index contributed by atoms with van der Waals surface area (Å²) < 4.78 is 5.25. The minimum atomic E-state index is -0.529. The van der Waals surface area contributed by atoms with Gasteiger partial charge >= 0.3 is 0 Å². The lowest BCUT2D eigenvalue weighted by atomic mass is 10.1. The van der Waals surface area contributed by atoms with Gasteiger partial charge in [0, 0.05) is 30.9 Å². The maximum Gasteiger partial charge on any atom is 0.266 e. The van der Waals surface area contributed by atoms with Crippen LogP contribution in [-0.4, -0.2) is 37.9 Å². The predicted octanol–water partition coefficient (Wildman–Crippen LogP) is 3.50. The van der Waals surface area contributed by atoms with Crippen LogP contribution >= 0.6 is 0 Å². The van der Waals surface area contributed by atoms with E-state index in [2.05, 4.69) is 5.32 Å². The zero-order valence-electron chi connectivity index (χ0n) is 16.0. The molecule has 0 atom stereocenters. The summed E-state index contributed by atoms with van der Waals surface area (Å²) in [6, 6.07) is 15.8. The molecule has 0 radical (unpaired) electrons. The second kappa shape index (κ2) is 9.74. The highest BCUT2D eigenvalue weighted by Crippen LogP contribution is 2.19. The van der Waals surface area contributed by atoms with Crippen LogP contribution in [0.4, 0.5) is 5.69 Å². The number of ether oxygens (including phenoxy) is 1. The van der Waals surface area contributed by atoms with E-state index in [1.807, 2.05) is 30.3 Å². The Bertz CT molecular complexity index is 952. The van der Waals surface area contributed by atoms with Gasteiger partial charge in [-0.25, -0.2) is 0 Å². The number of nitriles is 1. The normalized spacial score (nSPS) is 11.0. The van der Waals surface area contributed by atoms with E-state index < -0.39 is 5.91 Å². The molecule has 0 aliphatic carbocycles. The smallest absolute Gasteiger partial charge is 0.266 e. The number of rotatable bonds is 6. The zero-order valence-corrected chi connectivity index (χ0v) is 16.0. The molecule has 0 fully saturated rings. The molecule has 0 spiro atoms. The van der Waals surface area contributed by atoms with Crippen LogP contribution in [0.1, 0.15) is 15.9 Å². The Morgan fingerprint density at radius 3 is 2.39 bits per heavy atom. The number of carbonyl (C=O) groups is 2. The summed E-state index contributed by atoms with van der Waals surface area (Å²) in [5.74, 6) is 0.0401. The van der Waals surface area contributed by atoms with Crippen molar-refractivity contribution in [3.05, 3.63) is 77.4 Å². The molecule has 2 amide bonds. The summed E-state index contributed by atoms with van der Waals surface area (Å²) in [6.45, 7) is 0. The van der Waals surface area contributed by atoms with Crippen LogP contribution in [-0.2, 0) is 4.79 Å². The minimum absolute atomic E-state index is 0.0420. The Kier molecular flexibility index (Phi) is 7.12. The molecule has 1 N–H and O–H groups in total. The van der Waals surface area contributed by atoms with Crippen molar-refractivity contribution in [2.24, 2.45) is 0 Å². The fourth-order valence-corrected chi connectivity index (χ4v) is 2.37. The Hall–Kier alpha value is -3.85. The lowest BCUT2D eigenvalue weighted by Crippen LogP contribution is -2.21. The van der Waals surface area contributed by atoms with E-state index in [1.165, 1.54) is 11.0 Å². The lowest BCUT2D eigenvalue weighted by Gasteiger charge is -2.10. The van der Waals surface area contributed by atoms with Gasteiger partial charge in [-0.2, -0.15) is 5.26 Å². The third kappa shape index (κ3) is 5.32. The van der Waals surface area contributed by atoms with Crippen molar-refractivity contribution < 1.29 is 14.3 Å². The van der Waals surface area contributed by atoms with Gasteiger partial charge in [-0.1, -0.05) is 30.4 Å². The standard InChI is InChI=1S/C22H21N3O3/c1-25(2)22(27)17-11-13-19(14-12-17)24-21(26)18(15-23)9-6-8-16-7-4-5-10-20(16)28-3/h4-14H,1-3H3,(H,24,26)/b8-6+,18-9+. The van der Waals surface area contributed by atoms with Crippen molar-refractivity contribution in [2.75, 3.05) is 26.5 Å². The molecule has 6 heteroatoms. The van der Waals surface area contributed by atoms with Crippen LogP contribution in [0.5, 0.6) is 5.75 Å². The van der Waals surface area contributed by atoms with Crippen LogP contribution < -0.4 is 10.1 Å². The number of amides is 2. The third-order valence-corrected chi connectivity index (χ3v) is 3.84. The third-order valence-electron chi connectivity index (χ3n) is 3.84. The fraction of sp³-hybridized carbons (Fsp3) is 0.136. The lowest BCUT2D eigenvalue weighted by molar-refractivity contribution is -0.112. The highest BCUT2D eigenvalue weighted by molar-refractivity contribution is 6.07. The van der Waals surface area contributed by atoms with Crippen LogP contribution in [0.3, 0.4) is 0 Å². The van der Waals surface area contributed by atoms with E-state index in [0.29, 0.717) is 17.0 Å². The van der Waals surface area contributed by atoms with E-state index >= 15 is 0 Å². The van der Waals surface area contributed by atoms with Gasteiger partial charge in [0.1, 0.15) is 17.4 Å². The zero-order chi connectivity index (χ0) is 20.5. The largest absolute Gasteiger partial charge is 0.496 e. The quantitative estimate of drug-likeness (QED) is 0.476. The minimum Gasteiger partial charge on any atom is -0.496 e. The molecule has 0 aromatic heterocycles. The van der Waals surface area contributed by atoms with E-state index in [1.54, 1.807) is 57.6 Å². The Labute approximate surface area is 164 Å². The maximum absolute atomic E-state index is 12.3. The summed E-state index contributed by atoms with van der Waals surface area (Å²) in [6.07, 6.45) is 4.81. The average Bonchev–Trinajstić information content (AvgIpc) is 2.71. The number of hydrogen-bond donors (Lipinski definition) is 1. The molecule has 6 nitrogen and oxygen atoms in total. The second-order valence-corrected chi connectivity index (χ2v) is 6.02. The first-order valence-corrected chi connectivity index (χ1v) is 8.50. The van der Waals surface area contributed by atoms with Gasteiger partial charge in [-0.3, -0.25) is 9.59 Å². The molecule has 0 aliphatic heterocycles. The highest BCUT2D eigenvalue weighted by atomic mass is 16.5. The Morgan fingerprint density at radius 1 is 1.11 bits per heavy atom. The molecule has 2 rings (SSSR count). The molecule has 0 saturated carbocycles. The molecule has 0 bridgehead atoms. The number of hydrogen-bond acceptors (Lipinski definition) is 4. The first-order valence-electron chi connectivity index (χ1n) is 8.50. The monoisotopic (exact) mass is 375 g/mol. The van der Waals surface area contributed by atoms with Gasteiger partial charge in [0.15, 0.2) is 0 Å². The summed E-state index contributed by atoms with van der Waals surface area (Å²) in [4.78, 5) is 25.7. The fourth-order valence-electron chi connectivity index (χ4n) is 2.37. The van der Waals surface area contributed by atoms with Crippen molar-refractivity contribution in [1.29, 1.82) is 5.26 Å². The Morgan fingerprint density at radius 2 is 1.79 bits per heavy atom. The Balaban J connectivity index is 2.09. The average molecular weight is 375 g/mol. The number of carbonyl (C=O) groups excluding carboxylic acids is 2. The number of methoxy groups -OCH3 is 1. The number of anilines is 1. The van der Waals surface area contributed by atoms with E-state index in [0.717, 1.165) is 5.56 Å². The molecular weight excluding hydrogens is 354 g/mol. The van der Waals surface area contributed by atoms with Crippen molar-refractivity contribution in [1.82, 2.24) is 4.90 Å². The summed E-state index contributed by atoms with van der Waals surface area (Å²) >= 11 is 0. The van der Waals surface area contributed by atoms with Gasteiger partial charge in [0.05, 0.1) is 7.11 Å². The van der Waals surface area contributed by atoms with Crippen LogP contribution in [0.2, 0.25) is 0 Å². The van der Waals surface area contributed by atoms with Gasteiger partial charge in [0.25, 0.3) is 11.8 Å². The van der Waals surface area contributed by atoms with Gasteiger partial charge in [-0.05, 0) is 36.4 Å². The first kappa shape index (κ1) is 20.5. The van der Waals surface area contributed by atoms with Gasteiger partial charge < -0.3 is 15.0 Å². The topological polar surface area (TPSA) is 82.4 Å². The molecule has 0 aliphatic rings. The van der Waals surface area contributed by atoms with E-state index in [4.69, 9.17) is 4.74 Å². The van der Waals surface area contributed by atoms with Gasteiger partial charge in [-0.15, -0.1) is 0 Å². The van der Waals surface area contributed by atoms with Crippen molar-refractivity contribution in [3.63, 3.8) is 0 Å². The summed E-state index contributed by atoms with van der Waals surface area (Å²) in [5.41, 5.74) is 1.80. The molecule has 0 saturated heterocycles. The summed E-state index contributed by atoms with van der Waals surface area (Å²) in [7, 11) is 4.91. The molecule has 0 unspecified atom stereocenters. The van der Waals surface area contributed by atoms with Crippen LogP contribution in [0.15, 0.2) is 66.3 Å². The number of allylic oxidation sites excluding steroid dienone is 2. The molecule has 28 heavy (non-hydrogen) atoms. The van der Waals surface area contributed by atoms with Crippen LogP contribution in [0, 0.1) is 11.3 Å². The number of benzene rings is 2. The highest BCUT2D eigenvalue weighted by Gasteiger charge is 2.10. The van der Waals surface area contributed by atoms with Gasteiger partial charge in [0.2, 0.25) is 0 Å². The maximum atomic E-state index is 12.3. The first-order chi connectivity index (χ1) is 13.5. The molecular formula is C22H21N3O3. The van der Waals surface area contributed by atoms with E-state index in [9.17, 15) is 14.9 Å². The molecule has 0 heterocycles. The second-order valence-electron chi connectivity index (χ2n) is 6.02. The van der Waals surface area contributed by atoms with E-state index in [-0.39, 0.29) is 11.5 Å². The predicted molar refractivity (Wildman–Crippen MR) is 109 cm³/mol. The number of nitrogens with one attached hydrogen (secondary N) is 1. The van der Waals surface area contributed by atoms with Crippen molar-refractivity contribution in [2.45, 2.75) is 0 Å². The summed E-state index contributed by atoms with van der Waals surface area (Å²) in [5, 5.41) is 11.9. The molecule has 2 aromatic carbocycles. The number of para-hydroxylation sites is 1. The molecule has 142 valence electrons. The molecule has 2 aromatic rings.